The molecule has 0 aromatic heterocycles. The predicted octanol–water partition coefficient (Wildman–Crippen LogP) is 5.53. The lowest BCUT2D eigenvalue weighted by atomic mass is 10.2. The molecular formula is C16H16BrClFNO. The Morgan fingerprint density at radius 3 is 2.76 bits per heavy atom. The highest BCUT2D eigenvalue weighted by Gasteiger charge is 2.10. The Morgan fingerprint density at radius 2 is 2.05 bits per heavy atom. The fraction of sp³-hybridized carbons (Fsp3) is 0.250. The Balaban J connectivity index is 2.12. The smallest absolute Gasteiger partial charge is 0.184 e. The number of nitrogens with one attached hydrogen (secondary N) is 1. The topological polar surface area (TPSA) is 21.3 Å². The molecule has 0 amide bonds. The normalized spacial score (nSPS) is 10.7. The van der Waals surface area contributed by atoms with Crippen LogP contribution >= 0.6 is 27.5 Å². The lowest BCUT2D eigenvalue weighted by Crippen LogP contribution is -2.13. The van der Waals surface area contributed by atoms with Crippen LogP contribution in [0, 0.1) is 5.82 Å². The molecule has 0 saturated carbocycles. The molecule has 0 atom stereocenters. The van der Waals surface area contributed by atoms with E-state index in [4.69, 9.17) is 16.3 Å². The van der Waals surface area contributed by atoms with Gasteiger partial charge in [-0.15, -0.1) is 0 Å². The van der Waals surface area contributed by atoms with Gasteiger partial charge in [0.25, 0.3) is 0 Å². The maximum absolute atomic E-state index is 13.8. The molecule has 0 spiro atoms. The van der Waals surface area contributed by atoms with Crippen LogP contribution in [-0.2, 0) is 6.54 Å². The minimum absolute atomic E-state index is 0.0454. The summed E-state index contributed by atoms with van der Waals surface area (Å²) in [5.74, 6) is 0.107. The molecule has 0 aliphatic carbocycles. The summed E-state index contributed by atoms with van der Waals surface area (Å²) in [5.41, 5.74) is 1.13. The molecule has 112 valence electrons. The molecule has 0 aliphatic rings. The summed E-state index contributed by atoms with van der Waals surface area (Å²) in [6.45, 7) is 3.89. The first-order valence-corrected chi connectivity index (χ1v) is 7.90. The van der Waals surface area contributed by atoms with Crippen LogP contribution in [0.5, 0.6) is 11.5 Å². The van der Waals surface area contributed by atoms with E-state index >= 15 is 0 Å². The zero-order valence-corrected chi connectivity index (χ0v) is 14.0. The first-order valence-electron chi connectivity index (χ1n) is 6.73. The van der Waals surface area contributed by atoms with Gasteiger partial charge in [-0.25, -0.2) is 4.39 Å². The highest BCUT2D eigenvalue weighted by atomic mass is 79.9. The first-order chi connectivity index (χ1) is 10.1. The van der Waals surface area contributed by atoms with Crippen LogP contribution in [0.2, 0.25) is 5.02 Å². The summed E-state index contributed by atoms with van der Waals surface area (Å²) in [5, 5.41) is 3.37. The second-order valence-electron chi connectivity index (χ2n) is 4.60. The van der Waals surface area contributed by atoms with Crippen molar-refractivity contribution in [1.82, 2.24) is 5.32 Å². The van der Waals surface area contributed by atoms with Crippen molar-refractivity contribution in [2.75, 3.05) is 6.54 Å². The summed E-state index contributed by atoms with van der Waals surface area (Å²) in [4.78, 5) is 0. The molecule has 2 nitrogen and oxygen atoms in total. The molecule has 2 rings (SSSR count). The Bertz CT molecular complexity index is 621. The van der Waals surface area contributed by atoms with Crippen molar-refractivity contribution < 1.29 is 9.13 Å². The van der Waals surface area contributed by atoms with Gasteiger partial charge in [0.15, 0.2) is 11.6 Å². The van der Waals surface area contributed by atoms with E-state index in [9.17, 15) is 4.39 Å². The second kappa shape index (κ2) is 7.78. The van der Waals surface area contributed by atoms with Crippen molar-refractivity contribution in [2.24, 2.45) is 0 Å². The summed E-state index contributed by atoms with van der Waals surface area (Å²) < 4.78 is 20.2. The summed E-state index contributed by atoms with van der Waals surface area (Å²) in [6.07, 6.45) is 1.09. The highest BCUT2D eigenvalue weighted by molar-refractivity contribution is 9.10. The van der Waals surface area contributed by atoms with Crippen molar-refractivity contribution >= 4 is 27.5 Å². The number of halogens is 3. The van der Waals surface area contributed by atoms with Gasteiger partial charge < -0.3 is 10.1 Å². The third-order valence-electron chi connectivity index (χ3n) is 2.89. The SMILES string of the molecule is CCCNCc1ccc(Oc2cccc(Cl)c2F)c(Br)c1. The van der Waals surface area contributed by atoms with E-state index in [1.807, 2.05) is 18.2 Å². The molecule has 2 aromatic carbocycles. The highest BCUT2D eigenvalue weighted by Crippen LogP contribution is 2.33. The Labute approximate surface area is 137 Å². The monoisotopic (exact) mass is 371 g/mol. The van der Waals surface area contributed by atoms with E-state index < -0.39 is 5.82 Å². The molecule has 2 aromatic rings. The van der Waals surface area contributed by atoms with Crippen LogP contribution in [0.3, 0.4) is 0 Å². The van der Waals surface area contributed by atoms with Gasteiger partial charge in [0.1, 0.15) is 5.75 Å². The fourth-order valence-corrected chi connectivity index (χ4v) is 2.50. The van der Waals surface area contributed by atoms with Gasteiger partial charge in [-0.3, -0.25) is 0 Å². The molecule has 0 aliphatic heterocycles. The van der Waals surface area contributed by atoms with E-state index in [0.717, 1.165) is 29.5 Å². The Hall–Kier alpha value is -1.10. The van der Waals surface area contributed by atoms with Gasteiger partial charge in [0.05, 0.1) is 9.50 Å². The van der Waals surface area contributed by atoms with Crippen molar-refractivity contribution in [3.63, 3.8) is 0 Å². The van der Waals surface area contributed by atoms with Gasteiger partial charge in [0.2, 0.25) is 0 Å². The summed E-state index contributed by atoms with van der Waals surface area (Å²) >= 11 is 9.19. The van der Waals surface area contributed by atoms with Gasteiger partial charge in [-0.2, -0.15) is 0 Å². The third-order valence-corrected chi connectivity index (χ3v) is 3.80. The molecular weight excluding hydrogens is 357 g/mol. The zero-order chi connectivity index (χ0) is 15.2. The maximum Gasteiger partial charge on any atom is 0.184 e. The lowest BCUT2D eigenvalue weighted by molar-refractivity contribution is 0.440. The Kier molecular flexibility index (Phi) is 6.03. The van der Waals surface area contributed by atoms with Crippen molar-refractivity contribution in [3.05, 3.63) is 57.3 Å². The predicted molar refractivity (Wildman–Crippen MR) is 87.6 cm³/mol. The quantitative estimate of drug-likeness (QED) is 0.673. The average molecular weight is 373 g/mol. The summed E-state index contributed by atoms with van der Waals surface area (Å²) in [6, 6.07) is 10.4. The van der Waals surface area contributed by atoms with Gasteiger partial charge in [-0.05, 0) is 58.7 Å². The van der Waals surface area contributed by atoms with Crippen LogP contribution in [0.4, 0.5) is 4.39 Å². The molecule has 5 heteroatoms. The largest absolute Gasteiger partial charge is 0.453 e. The van der Waals surface area contributed by atoms with Crippen LogP contribution in [0.25, 0.3) is 0 Å². The summed E-state index contributed by atoms with van der Waals surface area (Å²) in [7, 11) is 0. The molecule has 0 unspecified atom stereocenters. The molecule has 0 saturated heterocycles. The number of hydrogen-bond donors (Lipinski definition) is 1. The Morgan fingerprint density at radius 1 is 1.24 bits per heavy atom. The maximum atomic E-state index is 13.8. The van der Waals surface area contributed by atoms with Crippen molar-refractivity contribution in [2.45, 2.75) is 19.9 Å². The van der Waals surface area contributed by atoms with E-state index in [0.29, 0.717) is 5.75 Å². The first kappa shape index (κ1) is 16.3. The van der Waals surface area contributed by atoms with Crippen LogP contribution in [0.1, 0.15) is 18.9 Å². The molecule has 1 N–H and O–H groups in total. The third kappa shape index (κ3) is 4.43. The standard InChI is InChI=1S/C16H16BrClFNO/c1-2-8-20-10-11-6-7-14(12(17)9-11)21-15-5-3-4-13(18)16(15)19/h3-7,9,20H,2,8,10H2,1H3. The second-order valence-corrected chi connectivity index (χ2v) is 5.86. The van der Waals surface area contributed by atoms with E-state index in [1.54, 1.807) is 12.1 Å². The zero-order valence-electron chi connectivity index (χ0n) is 11.6. The average Bonchev–Trinajstić information content (AvgIpc) is 2.47. The minimum Gasteiger partial charge on any atom is -0.453 e. The van der Waals surface area contributed by atoms with Gasteiger partial charge >= 0.3 is 0 Å². The molecule has 0 fully saturated rings. The van der Waals surface area contributed by atoms with Crippen LogP contribution < -0.4 is 10.1 Å². The van der Waals surface area contributed by atoms with Crippen LogP contribution in [-0.4, -0.2) is 6.54 Å². The number of ether oxygens (including phenoxy) is 1. The van der Waals surface area contributed by atoms with E-state index in [1.165, 1.54) is 6.07 Å². The van der Waals surface area contributed by atoms with Crippen molar-refractivity contribution in [3.8, 4) is 11.5 Å². The number of benzene rings is 2. The number of rotatable bonds is 6. The van der Waals surface area contributed by atoms with Crippen LogP contribution in [0.15, 0.2) is 40.9 Å². The molecule has 0 radical (unpaired) electrons. The molecule has 21 heavy (non-hydrogen) atoms. The van der Waals surface area contributed by atoms with E-state index in [-0.39, 0.29) is 10.8 Å². The van der Waals surface area contributed by atoms with Gasteiger partial charge in [0, 0.05) is 6.54 Å². The molecule has 0 heterocycles. The lowest BCUT2D eigenvalue weighted by Gasteiger charge is -2.11. The van der Waals surface area contributed by atoms with Gasteiger partial charge in [-0.1, -0.05) is 30.7 Å². The minimum atomic E-state index is -0.556. The number of hydrogen-bond acceptors (Lipinski definition) is 2. The van der Waals surface area contributed by atoms with Crippen molar-refractivity contribution in [1.29, 1.82) is 0 Å². The van der Waals surface area contributed by atoms with E-state index in [2.05, 4.69) is 28.2 Å². The fourth-order valence-electron chi connectivity index (χ4n) is 1.83. The molecule has 0 bridgehead atoms.